The largest absolute Gasteiger partial charge is 0.208 e. The molecule has 3 nitrogen and oxygen atoms in total. The second kappa shape index (κ2) is 13.5. The van der Waals surface area contributed by atoms with Gasteiger partial charge in [-0.1, -0.05) is 152 Å². The van der Waals surface area contributed by atoms with Gasteiger partial charge in [-0.3, -0.25) is 0 Å². The van der Waals surface area contributed by atoms with Crippen LogP contribution in [0.1, 0.15) is 0 Å². The Bertz CT molecular complexity index is 3240. The Labute approximate surface area is 331 Å². The Morgan fingerprint density at radius 2 is 0.696 bits per heavy atom. The minimum absolute atomic E-state index is 0.660. The Morgan fingerprint density at radius 3 is 1.38 bits per heavy atom. The average Bonchev–Trinajstić information content (AvgIpc) is 3.85. The smallest absolute Gasteiger partial charge is 0.164 e. The van der Waals surface area contributed by atoms with Crippen molar-refractivity contribution in [1.29, 1.82) is 0 Å². The van der Waals surface area contributed by atoms with Crippen LogP contribution in [0.2, 0.25) is 0 Å². The van der Waals surface area contributed by atoms with Gasteiger partial charge in [0.1, 0.15) is 0 Å². The van der Waals surface area contributed by atoms with Crippen molar-refractivity contribution in [2.45, 2.75) is 0 Å². The van der Waals surface area contributed by atoms with E-state index in [1.165, 1.54) is 68.3 Å². The second-order valence-electron chi connectivity index (χ2n) is 14.0. The van der Waals surface area contributed by atoms with Crippen molar-refractivity contribution >= 4 is 63.0 Å². The summed E-state index contributed by atoms with van der Waals surface area (Å²) in [5, 5.41) is 4.77. The van der Waals surface area contributed by atoms with E-state index < -0.39 is 0 Å². The van der Waals surface area contributed by atoms with E-state index in [4.69, 9.17) is 15.0 Å². The third-order valence-corrected chi connectivity index (χ3v) is 12.8. The summed E-state index contributed by atoms with van der Waals surface area (Å²) in [4.78, 5) is 15.7. The molecule has 0 aliphatic carbocycles. The lowest BCUT2D eigenvalue weighted by Gasteiger charge is -2.11. The first-order chi connectivity index (χ1) is 27.7. The van der Waals surface area contributed by atoms with Gasteiger partial charge in [-0.15, -0.1) is 22.7 Å². The molecule has 0 saturated heterocycles. The third-order valence-electron chi connectivity index (χ3n) is 10.6. The van der Waals surface area contributed by atoms with Gasteiger partial charge in [-0.05, 0) is 69.8 Å². The molecule has 0 bridgehead atoms. The fourth-order valence-corrected chi connectivity index (χ4v) is 10.1. The van der Waals surface area contributed by atoms with Crippen LogP contribution < -0.4 is 0 Å². The molecule has 5 heteroatoms. The Morgan fingerprint density at radius 1 is 0.268 bits per heavy atom. The molecule has 11 aromatic rings. The molecule has 0 fully saturated rings. The van der Waals surface area contributed by atoms with Crippen LogP contribution >= 0.6 is 22.7 Å². The number of hydrogen-bond acceptors (Lipinski definition) is 5. The van der Waals surface area contributed by atoms with Gasteiger partial charge in [0.25, 0.3) is 0 Å². The zero-order valence-corrected chi connectivity index (χ0v) is 31.7. The van der Waals surface area contributed by atoms with Gasteiger partial charge in [-0.2, -0.15) is 0 Å². The molecule has 0 saturated carbocycles. The van der Waals surface area contributed by atoms with E-state index >= 15 is 0 Å². The number of nitrogens with zero attached hydrogens (tertiary/aromatic N) is 3. The summed E-state index contributed by atoms with van der Waals surface area (Å²) in [5.41, 5.74) is 10.2. The molecular formula is C51H31N3S2. The molecule has 56 heavy (non-hydrogen) atoms. The van der Waals surface area contributed by atoms with Gasteiger partial charge in [-0.25, -0.2) is 15.0 Å². The lowest BCUT2D eigenvalue weighted by Crippen LogP contribution is -2.00. The molecule has 0 amide bonds. The molecule has 3 aromatic heterocycles. The number of aromatic nitrogens is 3. The van der Waals surface area contributed by atoms with E-state index in [0.717, 1.165) is 22.1 Å². The maximum absolute atomic E-state index is 5.31. The second-order valence-corrected chi connectivity index (χ2v) is 16.1. The maximum Gasteiger partial charge on any atom is 0.164 e. The third kappa shape index (κ3) is 5.68. The lowest BCUT2D eigenvalue weighted by molar-refractivity contribution is 1.08. The average molecular weight is 750 g/mol. The van der Waals surface area contributed by atoms with E-state index in [0.29, 0.717) is 17.5 Å². The van der Waals surface area contributed by atoms with E-state index in [2.05, 4.69) is 170 Å². The van der Waals surface area contributed by atoms with Crippen molar-refractivity contribution < 1.29 is 0 Å². The standard InChI is InChI=1S/C51H31N3S2/c1-3-12-32(13-4-1)33-24-26-34(27-25-33)36-16-9-17-37(30-36)38-28-29-44-42(31-38)48-41(20-11-23-46(48)56-44)51-53-49(35-14-5-2-6-15-35)52-50(54-51)40-19-10-22-45-47(40)39-18-7-8-21-43(39)55-45/h1-31H. The number of fused-ring (bicyclic) bond motifs is 6. The monoisotopic (exact) mass is 749 g/mol. The topological polar surface area (TPSA) is 38.7 Å². The molecule has 0 N–H and O–H groups in total. The molecule has 0 unspecified atom stereocenters. The highest BCUT2D eigenvalue weighted by atomic mass is 32.1. The van der Waals surface area contributed by atoms with Gasteiger partial charge >= 0.3 is 0 Å². The van der Waals surface area contributed by atoms with Crippen LogP contribution in [0.5, 0.6) is 0 Å². The molecule has 0 aliphatic rings. The van der Waals surface area contributed by atoms with Crippen LogP contribution in [-0.2, 0) is 0 Å². The number of rotatable bonds is 6. The summed E-state index contributed by atoms with van der Waals surface area (Å²) in [6.07, 6.45) is 0. The summed E-state index contributed by atoms with van der Waals surface area (Å²) < 4.78 is 4.91. The first-order valence-electron chi connectivity index (χ1n) is 18.7. The van der Waals surface area contributed by atoms with E-state index in [1.807, 2.05) is 29.5 Å². The maximum atomic E-state index is 5.31. The molecule has 3 heterocycles. The first-order valence-corrected chi connectivity index (χ1v) is 20.3. The minimum Gasteiger partial charge on any atom is -0.208 e. The summed E-state index contributed by atoms with van der Waals surface area (Å²) in [6, 6.07) is 66.9. The zero-order valence-electron chi connectivity index (χ0n) is 30.1. The van der Waals surface area contributed by atoms with Crippen molar-refractivity contribution in [2.24, 2.45) is 0 Å². The van der Waals surface area contributed by atoms with Crippen LogP contribution in [-0.4, -0.2) is 15.0 Å². The lowest BCUT2D eigenvalue weighted by atomic mass is 9.96. The molecule has 11 rings (SSSR count). The normalized spacial score (nSPS) is 11.6. The van der Waals surface area contributed by atoms with Gasteiger partial charge in [0, 0.05) is 57.0 Å². The molecular weight excluding hydrogens is 719 g/mol. The molecule has 0 spiro atoms. The summed E-state index contributed by atoms with van der Waals surface area (Å²) in [5.74, 6) is 2.00. The summed E-state index contributed by atoms with van der Waals surface area (Å²) in [6.45, 7) is 0. The van der Waals surface area contributed by atoms with Crippen LogP contribution in [0.4, 0.5) is 0 Å². The van der Waals surface area contributed by atoms with Crippen LogP contribution in [0.25, 0.3) is 108 Å². The fraction of sp³-hybridized carbons (Fsp3) is 0. The van der Waals surface area contributed by atoms with Crippen molar-refractivity contribution in [1.82, 2.24) is 15.0 Å². The highest BCUT2D eigenvalue weighted by Gasteiger charge is 2.20. The van der Waals surface area contributed by atoms with Gasteiger partial charge in [0.2, 0.25) is 0 Å². The molecule has 0 atom stereocenters. The van der Waals surface area contributed by atoms with Crippen molar-refractivity contribution in [3.63, 3.8) is 0 Å². The van der Waals surface area contributed by atoms with Crippen molar-refractivity contribution in [3.8, 4) is 67.5 Å². The fourth-order valence-electron chi connectivity index (χ4n) is 7.85. The number of hydrogen-bond donors (Lipinski definition) is 0. The van der Waals surface area contributed by atoms with Gasteiger partial charge in [0.15, 0.2) is 17.5 Å². The number of benzene rings is 8. The van der Waals surface area contributed by atoms with Crippen LogP contribution in [0.15, 0.2) is 188 Å². The van der Waals surface area contributed by atoms with E-state index in [9.17, 15) is 0 Å². The first kappa shape index (κ1) is 32.6. The summed E-state index contributed by atoms with van der Waals surface area (Å²) in [7, 11) is 0. The highest BCUT2D eigenvalue weighted by molar-refractivity contribution is 7.26. The van der Waals surface area contributed by atoms with Crippen molar-refractivity contribution in [3.05, 3.63) is 188 Å². The predicted octanol–water partition coefficient (Wildman–Crippen LogP) is 14.6. The van der Waals surface area contributed by atoms with E-state index in [1.54, 1.807) is 11.3 Å². The van der Waals surface area contributed by atoms with Crippen molar-refractivity contribution in [2.75, 3.05) is 0 Å². The number of thiophene rings is 2. The molecule has 0 radical (unpaired) electrons. The highest BCUT2D eigenvalue weighted by Crippen LogP contribution is 2.43. The molecule has 262 valence electrons. The Balaban J connectivity index is 1.05. The van der Waals surface area contributed by atoms with E-state index in [-0.39, 0.29) is 0 Å². The predicted molar refractivity (Wildman–Crippen MR) is 238 cm³/mol. The minimum atomic E-state index is 0.660. The van der Waals surface area contributed by atoms with Gasteiger partial charge in [0.05, 0.1) is 0 Å². The molecule has 8 aromatic carbocycles. The SMILES string of the molecule is c1ccc(-c2ccc(-c3cccc(-c4ccc5sc6cccc(-c7nc(-c8ccccc8)nc(-c8cccc9sc%10ccccc%10c89)n7)c6c5c4)c3)cc2)cc1. The summed E-state index contributed by atoms with van der Waals surface area (Å²) >= 11 is 3.61. The quantitative estimate of drug-likeness (QED) is 0.170. The molecule has 0 aliphatic heterocycles. The van der Waals surface area contributed by atoms with Gasteiger partial charge < -0.3 is 0 Å². The Hall–Kier alpha value is -6.79. The van der Waals surface area contributed by atoms with Crippen LogP contribution in [0, 0.1) is 0 Å². The Kier molecular flexibility index (Phi) is 7.87. The van der Waals surface area contributed by atoms with Crippen LogP contribution in [0.3, 0.4) is 0 Å². The zero-order chi connectivity index (χ0) is 37.0.